The van der Waals surface area contributed by atoms with E-state index in [2.05, 4.69) is 15.0 Å². The number of aromatic nitrogens is 4. The summed E-state index contributed by atoms with van der Waals surface area (Å²) in [6, 6.07) is 1.45. The number of hydrogen-bond donors (Lipinski definition) is 0. The predicted molar refractivity (Wildman–Crippen MR) is 83.8 cm³/mol. The van der Waals surface area contributed by atoms with Crippen LogP contribution in [-0.2, 0) is 0 Å². The number of alkyl halides is 2. The fourth-order valence-electron chi connectivity index (χ4n) is 2.02. The van der Waals surface area contributed by atoms with Crippen LogP contribution in [0.5, 0.6) is 0 Å². The van der Waals surface area contributed by atoms with Gasteiger partial charge in [0, 0.05) is 0 Å². The Morgan fingerprint density at radius 2 is 2.00 bits per heavy atom. The minimum absolute atomic E-state index is 0.197. The third-order valence-corrected chi connectivity index (χ3v) is 3.60. The van der Waals surface area contributed by atoms with E-state index in [0.29, 0.717) is 16.0 Å². The molecule has 100 valence electrons. The fourth-order valence-corrected chi connectivity index (χ4v) is 2.63. The number of hydrogen-bond acceptors (Lipinski definition) is 4. The van der Waals surface area contributed by atoms with Gasteiger partial charge in [0.25, 0.3) is 0 Å². The van der Waals surface area contributed by atoms with E-state index in [0.717, 1.165) is 0 Å². The molecule has 0 aliphatic carbocycles. The van der Waals surface area contributed by atoms with Crippen molar-refractivity contribution in [2.45, 2.75) is 11.6 Å². The number of rotatable bonds is 3. The summed E-state index contributed by atoms with van der Waals surface area (Å²) in [6.45, 7) is 6.89. The molecule has 0 radical (unpaired) electrons. The average molecular weight is 318 g/mol. The van der Waals surface area contributed by atoms with E-state index in [1.54, 1.807) is 33.2 Å². The molecule has 0 aliphatic rings. The molecule has 0 unspecified atom stereocenters. The average Bonchev–Trinajstić information content (AvgIpc) is 2.86. The summed E-state index contributed by atoms with van der Waals surface area (Å²) in [5.41, 5.74) is 1.03. The van der Waals surface area contributed by atoms with Gasteiger partial charge < -0.3 is 0 Å². The maximum absolute atomic E-state index is 13.3. The summed E-state index contributed by atoms with van der Waals surface area (Å²) in [7, 11) is 0. The fraction of sp³-hybridized carbons (Fsp3) is 0.222. The van der Waals surface area contributed by atoms with E-state index in [-0.39, 0.29) is 16.8 Å². The van der Waals surface area contributed by atoms with Crippen molar-refractivity contribution in [3.63, 3.8) is 0 Å². The van der Waals surface area contributed by atoms with Crippen LogP contribution in [0.25, 0.3) is 16.6 Å². The molecule has 0 saturated carbocycles. The molecular weight excluding hydrogens is 313 g/mol. The molecule has 4 nitrogen and oxygen atoms in total. The molecule has 3 aromatic heterocycles. The normalized spacial score (nSPS) is 10.7. The van der Waals surface area contributed by atoms with Crippen molar-refractivity contribution in [1.82, 2.24) is 19.5 Å². The van der Waals surface area contributed by atoms with E-state index in [9.17, 15) is 8.78 Å². The molecule has 21 heavy (non-hydrogen) atoms. The molecule has 3 heterocycles. The Morgan fingerprint density at radius 3 is 2.71 bits per heavy atom. The van der Waals surface area contributed by atoms with E-state index in [1.807, 2.05) is 0 Å². The molecule has 3 aromatic rings. The van der Waals surface area contributed by atoms with Gasteiger partial charge in [-0.3, -0.25) is 0 Å². The second kappa shape index (κ2) is 6.04. The summed E-state index contributed by atoms with van der Waals surface area (Å²) >= 11 is 7.23. The van der Waals surface area contributed by atoms with E-state index < -0.39 is 6.43 Å². The summed E-state index contributed by atoms with van der Waals surface area (Å²) in [4.78, 5) is 12.2. The first-order valence-electron chi connectivity index (χ1n) is 5.94. The first kappa shape index (κ1) is 15.0. The van der Waals surface area contributed by atoms with Crippen molar-refractivity contribution in [3.05, 3.63) is 17.0 Å². The predicted octanol–water partition coefficient (Wildman–Crippen LogP) is 1.48. The minimum atomic E-state index is -2.72. The summed E-state index contributed by atoms with van der Waals surface area (Å²) < 4.78 is 27.9. The Balaban J connectivity index is 2.32. The zero-order valence-corrected chi connectivity index (χ0v) is 12.4. The quantitative estimate of drug-likeness (QED) is 0.417. The van der Waals surface area contributed by atoms with Gasteiger partial charge in [-0.25, -0.2) is 0 Å². The van der Waals surface area contributed by atoms with Crippen molar-refractivity contribution in [2.75, 3.05) is 6.26 Å². The topological polar surface area (TPSA) is 43.6 Å². The second-order valence-electron chi connectivity index (χ2n) is 4.13. The Morgan fingerprint density at radius 1 is 1.24 bits per heavy atom. The van der Waals surface area contributed by atoms with Crippen LogP contribution in [0.15, 0.2) is 11.2 Å². The van der Waals surface area contributed by atoms with E-state index >= 15 is 0 Å². The second-order valence-corrected chi connectivity index (χ2v) is 5.29. The Bertz CT molecular complexity index is 818. The van der Waals surface area contributed by atoms with Gasteiger partial charge in [-0.1, -0.05) is 0 Å². The number of fused-ring (bicyclic) bond motifs is 1. The van der Waals surface area contributed by atoms with Gasteiger partial charge in [0.2, 0.25) is 0 Å². The maximum atomic E-state index is 13.3. The molecular formula is C9H5B4ClF2N4S. The van der Waals surface area contributed by atoms with Gasteiger partial charge in [-0.05, 0) is 0 Å². The molecule has 0 amide bonds. The van der Waals surface area contributed by atoms with Crippen molar-refractivity contribution >= 4 is 61.1 Å². The van der Waals surface area contributed by atoms with E-state index in [1.165, 1.54) is 22.4 Å². The number of nitrogens with zero attached hydrogens (tertiary/aromatic N) is 4. The molecule has 0 fully saturated rings. The third kappa shape index (κ3) is 2.85. The molecule has 0 bridgehead atoms. The van der Waals surface area contributed by atoms with Crippen LogP contribution in [0.1, 0.15) is 12.2 Å². The Labute approximate surface area is 130 Å². The summed E-state index contributed by atoms with van der Waals surface area (Å²) in [6.07, 6.45) is -0.931. The van der Waals surface area contributed by atoms with Gasteiger partial charge in [-0.15, -0.1) is 0 Å². The van der Waals surface area contributed by atoms with Crippen molar-refractivity contribution in [2.24, 2.45) is 0 Å². The monoisotopic (exact) mass is 318 g/mol. The van der Waals surface area contributed by atoms with Crippen LogP contribution in [0, 0.1) is 0 Å². The molecule has 0 atom stereocenters. The van der Waals surface area contributed by atoms with Crippen molar-refractivity contribution in [1.29, 1.82) is 0 Å². The molecule has 0 saturated heterocycles. The first-order chi connectivity index (χ1) is 10.1. The van der Waals surface area contributed by atoms with E-state index in [4.69, 9.17) is 11.6 Å². The van der Waals surface area contributed by atoms with Crippen LogP contribution < -0.4 is 0 Å². The zero-order chi connectivity index (χ0) is 15.0. The zero-order valence-electron chi connectivity index (χ0n) is 10.8. The van der Waals surface area contributed by atoms with Gasteiger partial charge in [-0.2, -0.15) is 0 Å². The Kier molecular flexibility index (Phi) is 4.31. The van der Waals surface area contributed by atoms with Gasteiger partial charge >= 0.3 is 130 Å². The molecule has 0 aliphatic heterocycles. The third-order valence-electron chi connectivity index (χ3n) is 2.85. The first-order valence-corrected chi connectivity index (χ1v) is 7.55. The number of thioether (sulfide) groups is 1. The van der Waals surface area contributed by atoms with Crippen molar-refractivity contribution in [3.8, 4) is 5.82 Å². The Hall–Kier alpha value is -0.950. The van der Waals surface area contributed by atoms with Crippen LogP contribution in [-0.4, -0.2) is 52.7 Å². The van der Waals surface area contributed by atoms with Crippen LogP contribution >= 0.6 is 23.4 Å². The van der Waals surface area contributed by atoms with Crippen molar-refractivity contribution < 1.29 is 8.78 Å². The van der Waals surface area contributed by atoms with Gasteiger partial charge in [0.1, 0.15) is 0 Å². The molecule has 0 N–H and O–H groups in total. The molecule has 0 aromatic carbocycles. The van der Waals surface area contributed by atoms with Gasteiger partial charge in [0.05, 0.1) is 0 Å². The molecule has 12 heteroatoms. The van der Waals surface area contributed by atoms with Crippen LogP contribution in [0.3, 0.4) is 0 Å². The van der Waals surface area contributed by atoms with Crippen LogP contribution in [0.2, 0.25) is 5.15 Å². The SMILES string of the molecule is CSc1nc(Cl)cc(-n2c(C(F)F)nc3bbbbc32)n1. The molecule has 3 rings (SSSR count). The number of imidazole rings is 1. The van der Waals surface area contributed by atoms with Gasteiger partial charge in [0.15, 0.2) is 0 Å². The summed E-state index contributed by atoms with van der Waals surface area (Å²) in [5, 5.41) is 0.609. The standard InChI is InChI=1S/C9H5B4ClF2N4S/c1-21-9-17-3(14)2-4(18-9)20-6-5(10-12-13-11-6)19-8(20)7(15)16/h2,7H,1H3. The number of halogens is 3. The summed E-state index contributed by atoms with van der Waals surface area (Å²) in [5.74, 6) is -0.0821. The molecule has 0 spiro atoms. The van der Waals surface area contributed by atoms with Crippen LogP contribution in [0.4, 0.5) is 8.78 Å².